The minimum atomic E-state index is -2.08. The van der Waals surface area contributed by atoms with E-state index in [1.165, 1.54) is 13.2 Å². The van der Waals surface area contributed by atoms with Crippen LogP contribution < -0.4 is 25.0 Å². The van der Waals surface area contributed by atoms with Crippen LogP contribution in [0.2, 0.25) is 0 Å². The van der Waals surface area contributed by atoms with Gasteiger partial charge in [-0.15, -0.1) is 6.58 Å². The zero-order chi connectivity index (χ0) is 48.1. The third-order valence-corrected chi connectivity index (χ3v) is 12.8. The van der Waals surface area contributed by atoms with Gasteiger partial charge in [-0.3, -0.25) is 19.3 Å². The second-order valence-electron chi connectivity index (χ2n) is 17.0. The molecule has 3 heterocycles. The average Bonchev–Trinajstić information content (AvgIpc) is 3.82. The Kier molecular flexibility index (Phi) is 13.8. The lowest BCUT2D eigenvalue weighted by Gasteiger charge is -2.46. The number of nitrogens with zero attached hydrogens (tertiary/aromatic N) is 2. The lowest BCUT2D eigenvalue weighted by Crippen LogP contribution is -2.57. The van der Waals surface area contributed by atoms with Gasteiger partial charge in [-0.25, -0.2) is 14.5 Å². The van der Waals surface area contributed by atoms with Crippen molar-refractivity contribution in [2.75, 3.05) is 38.9 Å². The number of nitrogens with one attached hydrogen (secondary N) is 2. The van der Waals surface area contributed by atoms with Gasteiger partial charge in [-0.1, -0.05) is 105 Å². The van der Waals surface area contributed by atoms with E-state index >= 15 is 14.4 Å². The monoisotopic (exact) mass is 916 g/mol. The number of aliphatic hydroxyl groups is 1. The fourth-order valence-corrected chi connectivity index (χ4v) is 9.82. The summed E-state index contributed by atoms with van der Waals surface area (Å²) in [7, 11) is 2.78. The minimum Gasteiger partial charge on any atom is -0.497 e. The zero-order valence-electron chi connectivity index (χ0n) is 38.1. The first-order valence-corrected chi connectivity index (χ1v) is 22.3. The molecule has 5 aromatic carbocycles. The van der Waals surface area contributed by atoms with E-state index in [-0.39, 0.29) is 31.0 Å². The summed E-state index contributed by atoms with van der Waals surface area (Å²) in [6.07, 6.45) is 0.556. The molecule has 1 spiro atoms. The van der Waals surface area contributed by atoms with Crippen LogP contribution in [-0.2, 0) is 34.1 Å². The Morgan fingerprint density at radius 3 is 2.07 bits per heavy atom. The smallest absolute Gasteiger partial charge is 0.329 e. The summed E-state index contributed by atoms with van der Waals surface area (Å²) in [5.74, 6) is 2.49. The van der Waals surface area contributed by atoms with Crippen molar-refractivity contribution in [3.63, 3.8) is 0 Å². The second kappa shape index (κ2) is 20.0. The van der Waals surface area contributed by atoms with Crippen LogP contribution >= 0.6 is 0 Å². The maximum Gasteiger partial charge on any atom is 0.329 e. The molecule has 0 aliphatic carbocycles. The molecule has 2 saturated heterocycles. The Balaban J connectivity index is 1.45. The number of aliphatic hydroxyl groups excluding tert-OH is 1. The molecule has 4 amide bonds. The van der Waals surface area contributed by atoms with E-state index in [4.69, 9.17) is 18.9 Å². The summed E-state index contributed by atoms with van der Waals surface area (Å²) in [6, 6.07) is 32.2. The van der Waals surface area contributed by atoms with E-state index in [0.29, 0.717) is 33.8 Å². The molecule has 3 aliphatic rings. The highest BCUT2D eigenvalue weighted by atomic mass is 16.6. The first kappa shape index (κ1) is 46.8. The number of benzene rings is 5. The first-order valence-electron chi connectivity index (χ1n) is 22.3. The van der Waals surface area contributed by atoms with E-state index in [1.807, 2.05) is 65.6 Å². The number of fused-ring (bicyclic) bond motifs is 3. The quantitative estimate of drug-likeness (QED) is 0.0684. The number of methoxy groups -OCH3 is 2. The maximum absolute atomic E-state index is 16.5. The largest absolute Gasteiger partial charge is 0.497 e. The predicted octanol–water partition coefficient (Wildman–Crippen LogP) is 6.34. The summed E-state index contributed by atoms with van der Waals surface area (Å²) >= 11 is 0. The van der Waals surface area contributed by atoms with E-state index in [0.717, 1.165) is 10.5 Å². The molecular weight excluding hydrogens is 865 g/mol. The van der Waals surface area contributed by atoms with Crippen molar-refractivity contribution < 1.29 is 48.0 Å². The number of ether oxygens (including phenoxy) is 4. The molecule has 2 fully saturated rings. The Bertz CT molecular complexity index is 2750. The van der Waals surface area contributed by atoms with Gasteiger partial charge in [0.15, 0.2) is 0 Å². The van der Waals surface area contributed by atoms with Crippen molar-refractivity contribution in [1.82, 2.24) is 15.5 Å². The van der Waals surface area contributed by atoms with Crippen molar-refractivity contribution in [3.8, 4) is 23.3 Å². The van der Waals surface area contributed by atoms with Gasteiger partial charge in [0.2, 0.25) is 11.8 Å². The Hall–Kier alpha value is -7.73. The lowest BCUT2D eigenvalue weighted by molar-refractivity contribution is -0.178. The topological polar surface area (TPSA) is 173 Å². The number of carbonyl (C=O) groups is 5. The van der Waals surface area contributed by atoms with Gasteiger partial charge in [0, 0.05) is 17.7 Å². The molecule has 14 heteroatoms. The molecule has 0 aromatic heterocycles. The summed E-state index contributed by atoms with van der Waals surface area (Å²) in [6.45, 7) is 7.05. The van der Waals surface area contributed by atoms with Crippen LogP contribution in [0.5, 0.6) is 11.5 Å². The SMILES string of the molecule is C=CCNC(=O)[C@H]1[C@@H]2C(=O)O[C@@H](c3ccccc3)[C@@H](c3ccccc3)N2[C@@H](c2ccc(OCCO)cc2)[C@]12C(=O)N(C(=O)N[C@H](C(=O)OC)C(C)C)c1ccc(C#Cc3ccc(OC)cc3)cc12. The van der Waals surface area contributed by atoms with Gasteiger partial charge in [-0.05, 0) is 82.8 Å². The number of imide groups is 1. The van der Waals surface area contributed by atoms with Gasteiger partial charge in [0.1, 0.15) is 41.7 Å². The number of amides is 4. The Morgan fingerprint density at radius 1 is 0.824 bits per heavy atom. The van der Waals surface area contributed by atoms with Crippen LogP contribution in [0, 0.1) is 23.7 Å². The van der Waals surface area contributed by atoms with Gasteiger partial charge in [0.25, 0.3) is 0 Å². The highest BCUT2D eigenvalue weighted by Crippen LogP contribution is 2.66. The average molecular weight is 917 g/mol. The molecule has 5 aromatic rings. The molecule has 8 rings (SSSR count). The summed E-state index contributed by atoms with van der Waals surface area (Å²) < 4.78 is 22.7. The number of carbonyl (C=O) groups excluding carboxylic acids is 5. The molecule has 3 N–H and O–H groups in total. The molecular formula is C54H52N4O10. The van der Waals surface area contributed by atoms with Crippen LogP contribution in [0.25, 0.3) is 0 Å². The second-order valence-corrected chi connectivity index (χ2v) is 17.0. The number of rotatable bonds is 13. The van der Waals surface area contributed by atoms with Gasteiger partial charge in [0.05, 0.1) is 44.5 Å². The molecule has 7 atom stereocenters. The van der Waals surface area contributed by atoms with E-state index in [2.05, 4.69) is 29.1 Å². The standard InChI is InChI=1S/C54H52N4O10/c1-6-29-55-49(60)43-46-51(62)68-47(37-15-11-8-12-16-37)45(36-13-9-7-10-14-36)58(46)48(38-22-26-40(27-23-38)67-31-30-59)54(43)41-32-35(18-17-34-19-24-39(65-4)25-20-34)21-28-42(41)57(52(54)63)53(64)56-44(33(2)3)50(61)66-5/h6-16,19-28,32-33,43-48,59H,1,29-31H2,2-5H3,(H,55,60)(H,56,64)/t43-,44+,45-,46-,47+,48+,54-/m1/s1. The molecule has 68 heavy (non-hydrogen) atoms. The number of morpholine rings is 1. The molecule has 348 valence electrons. The Morgan fingerprint density at radius 2 is 1.46 bits per heavy atom. The third kappa shape index (κ3) is 8.46. The number of urea groups is 1. The fraction of sp³-hybridized carbons (Fsp3) is 0.278. The summed E-state index contributed by atoms with van der Waals surface area (Å²) in [5.41, 5.74) is 1.29. The zero-order valence-corrected chi connectivity index (χ0v) is 38.1. The van der Waals surface area contributed by atoms with Crippen molar-refractivity contribution in [2.24, 2.45) is 11.8 Å². The highest BCUT2D eigenvalue weighted by molar-refractivity contribution is 6.25. The highest BCUT2D eigenvalue weighted by Gasteiger charge is 2.75. The maximum atomic E-state index is 16.5. The van der Waals surface area contributed by atoms with Gasteiger partial charge < -0.3 is 34.7 Å². The summed E-state index contributed by atoms with van der Waals surface area (Å²) in [4.78, 5) is 78.1. The van der Waals surface area contributed by atoms with Crippen LogP contribution in [0.3, 0.4) is 0 Å². The first-order chi connectivity index (χ1) is 33.0. The molecule has 0 unspecified atom stereocenters. The van der Waals surface area contributed by atoms with Crippen molar-refractivity contribution >= 4 is 35.5 Å². The van der Waals surface area contributed by atoms with E-state index in [9.17, 15) is 14.7 Å². The molecule has 3 aliphatic heterocycles. The number of anilines is 1. The Labute approximate surface area is 394 Å². The lowest BCUT2D eigenvalue weighted by atomic mass is 9.65. The number of cyclic esters (lactones) is 1. The van der Waals surface area contributed by atoms with Gasteiger partial charge >= 0.3 is 18.0 Å². The minimum absolute atomic E-state index is 0.0166. The van der Waals surface area contributed by atoms with Crippen LogP contribution in [0.4, 0.5) is 10.5 Å². The van der Waals surface area contributed by atoms with Crippen molar-refractivity contribution in [2.45, 2.75) is 49.5 Å². The summed E-state index contributed by atoms with van der Waals surface area (Å²) in [5, 5.41) is 15.2. The van der Waals surface area contributed by atoms with Crippen LogP contribution in [-0.4, -0.2) is 85.9 Å². The van der Waals surface area contributed by atoms with E-state index < -0.39 is 77.3 Å². The number of hydrogen-bond donors (Lipinski definition) is 3. The molecule has 0 bridgehead atoms. The molecule has 14 nitrogen and oxygen atoms in total. The van der Waals surface area contributed by atoms with Crippen LogP contribution in [0.15, 0.2) is 140 Å². The van der Waals surface area contributed by atoms with E-state index in [1.54, 1.807) is 87.7 Å². The van der Waals surface area contributed by atoms with Gasteiger partial charge in [-0.2, -0.15) is 0 Å². The molecule has 0 saturated carbocycles. The van der Waals surface area contributed by atoms with Crippen LogP contribution in [0.1, 0.15) is 65.4 Å². The number of hydrogen-bond acceptors (Lipinski definition) is 11. The normalized spacial score (nSPS) is 22.0. The predicted molar refractivity (Wildman–Crippen MR) is 252 cm³/mol. The molecule has 0 radical (unpaired) electrons. The van der Waals surface area contributed by atoms with Crippen molar-refractivity contribution in [1.29, 1.82) is 0 Å². The van der Waals surface area contributed by atoms with Crippen molar-refractivity contribution in [3.05, 3.63) is 173 Å². The number of esters is 2. The fourth-order valence-electron chi connectivity index (χ4n) is 9.82. The third-order valence-electron chi connectivity index (χ3n) is 12.8.